The minimum Gasteiger partial charge on any atom is -0.351 e. The third-order valence-corrected chi connectivity index (χ3v) is 5.15. The van der Waals surface area contributed by atoms with Gasteiger partial charge in [0.1, 0.15) is 0 Å². The van der Waals surface area contributed by atoms with Crippen molar-refractivity contribution in [1.29, 1.82) is 0 Å². The molecule has 1 saturated carbocycles. The highest BCUT2D eigenvalue weighted by atomic mass is 79.9. The van der Waals surface area contributed by atoms with Crippen LogP contribution in [-0.4, -0.2) is 24.0 Å². The topological polar surface area (TPSA) is 29.1 Å². The zero-order valence-corrected chi connectivity index (χ0v) is 12.2. The van der Waals surface area contributed by atoms with E-state index in [1.165, 1.54) is 17.7 Å². The Kier molecular flexibility index (Phi) is 4.15. The van der Waals surface area contributed by atoms with Crippen molar-refractivity contribution in [3.8, 4) is 0 Å². The van der Waals surface area contributed by atoms with Gasteiger partial charge >= 0.3 is 0 Å². The second kappa shape index (κ2) is 5.44. The molecule has 0 spiro atoms. The van der Waals surface area contributed by atoms with Crippen molar-refractivity contribution in [2.75, 3.05) is 18.1 Å². The molecule has 0 atom stereocenters. The number of alkyl halides is 1. The number of carbonyl (C=O) groups excluding carboxylic acids is 1. The lowest BCUT2D eigenvalue weighted by atomic mass is 10.1. The van der Waals surface area contributed by atoms with Crippen molar-refractivity contribution in [3.05, 3.63) is 29.8 Å². The minimum atomic E-state index is 0.0323. The Morgan fingerprint density at radius 2 is 2.06 bits per heavy atom. The first-order valence-corrected chi connectivity index (χ1v) is 8.02. The van der Waals surface area contributed by atoms with Crippen LogP contribution in [0, 0.1) is 5.41 Å². The van der Waals surface area contributed by atoms with Gasteiger partial charge in [-0.25, -0.2) is 0 Å². The molecule has 0 aliphatic heterocycles. The molecule has 0 bridgehead atoms. The predicted octanol–water partition coefficient (Wildman–Crippen LogP) is 3.31. The van der Waals surface area contributed by atoms with E-state index >= 15 is 0 Å². The van der Waals surface area contributed by atoms with Crippen LogP contribution in [0.3, 0.4) is 0 Å². The number of thioether (sulfide) groups is 1. The molecular weight excluding hydrogens is 298 g/mol. The summed E-state index contributed by atoms with van der Waals surface area (Å²) in [5.41, 5.74) is 1.07. The van der Waals surface area contributed by atoms with Gasteiger partial charge in [0.15, 0.2) is 0 Å². The molecule has 1 aromatic rings. The second-order valence-corrected chi connectivity index (χ2v) is 5.99. The molecule has 0 unspecified atom stereocenters. The van der Waals surface area contributed by atoms with E-state index in [4.69, 9.17) is 0 Å². The average Bonchev–Trinajstić information content (AvgIpc) is 3.17. The highest BCUT2D eigenvalue weighted by Crippen LogP contribution is 2.46. The highest BCUT2D eigenvalue weighted by Gasteiger charge is 2.41. The predicted molar refractivity (Wildman–Crippen MR) is 76.0 cm³/mol. The summed E-state index contributed by atoms with van der Waals surface area (Å²) in [7, 11) is 0. The van der Waals surface area contributed by atoms with Crippen LogP contribution in [-0.2, 0) is 0 Å². The number of carbonyl (C=O) groups is 1. The summed E-state index contributed by atoms with van der Waals surface area (Å²) in [5.74, 6) is 0.0323. The van der Waals surface area contributed by atoms with E-state index in [0.29, 0.717) is 5.41 Å². The maximum Gasteiger partial charge on any atom is 0.251 e. The number of benzene rings is 1. The maximum absolute atomic E-state index is 11.9. The van der Waals surface area contributed by atoms with Crippen LogP contribution in [0.2, 0.25) is 0 Å². The fourth-order valence-corrected chi connectivity index (χ4v) is 2.81. The number of hydrogen-bond acceptors (Lipinski definition) is 2. The summed E-state index contributed by atoms with van der Waals surface area (Å²) in [6.07, 6.45) is 4.45. The molecule has 0 saturated heterocycles. The van der Waals surface area contributed by atoms with Gasteiger partial charge in [0.05, 0.1) is 0 Å². The van der Waals surface area contributed by atoms with Crippen LogP contribution in [0.1, 0.15) is 23.2 Å². The first-order valence-electron chi connectivity index (χ1n) is 5.67. The Balaban J connectivity index is 1.90. The smallest absolute Gasteiger partial charge is 0.251 e. The summed E-state index contributed by atoms with van der Waals surface area (Å²) < 4.78 is 0. The standard InChI is InChI=1S/C13H16BrNOS/c1-17-11-4-2-10(3-5-11)12(16)15-9-13(8-14)6-7-13/h2-5H,6-9H2,1H3,(H,15,16). The minimum absolute atomic E-state index is 0.0323. The van der Waals surface area contributed by atoms with Crippen LogP contribution in [0.25, 0.3) is 0 Å². The summed E-state index contributed by atoms with van der Waals surface area (Å²) in [5, 5.41) is 3.99. The van der Waals surface area contributed by atoms with Crippen LogP contribution < -0.4 is 5.32 Å². The third kappa shape index (κ3) is 3.26. The normalized spacial score (nSPS) is 16.6. The van der Waals surface area contributed by atoms with Crippen molar-refractivity contribution >= 4 is 33.6 Å². The van der Waals surface area contributed by atoms with Crippen LogP contribution in [0.4, 0.5) is 0 Å². The fraction of sp³-hybridized carbons (Fsp3) is 0.462. The van der Waals surface area contributed by atoms with Gasteiger partial charge in [-0.2, -0.15) is 0 Å². The molecule has 2 rings (SSSR count). The van der Waals surface area contributed by atoms with Gasteiger partial charge in [-0.05, 0) is 48.8 Å². The van der Waals surface area contributed by atoms with Gasteiger partial charge in [0, 0.05) is 22.3 Å². The fourth-order valence-electron chi connectivity index (χ4n) is 1.65. The van der Waals surface area contributed by atoms with Crippen molar-refractivity contribution in [2.45, 2.75) is 17.7 Å². The van der Waals surface area contributed by atoms with Crippen molar-refractivity contribution in [3.63, 3.8) is 0 Å². The number of amides is 1. The number of hydrogen-bond donors (Lipinski definition) is 1. The Morgan fingerprint density at radius 3 is 2.53 bits per heavy atom. The molecule has 2 nitrogen and oxygen atoms in total. The molecule has 1 fully saturated rings. The van der Waals surface area contributed by atoms with Crippen LogP contribution in [0.5, 0.6) is 0 Å². The highest BCUT2D eigenvalue weighted by molar-refractivity contribution is 9.09. The van der Waals surface area contributed by atoms with Crippen LogP contribution in [0.15, 0.2) is 29.2 Å². The molecule has 1 aliphatic carbocycles. The van der Waals surface area contributed by atoms with E-state index in [1.807, 2.05) is 30.5 Å². The van der Waals surface area contributed by atoms with Gasteiger partial charge < -0.3 is 5.32 Å². The molecule has 92 valence electrons. The number of nitrogens with one attached hydrogen (secondary N) is 1. The molecule has 1 N–H and O–H groups in total. The lowest BCUT2D eigenvalue weighted by molar-refractivity contribution is 0.0946. The molecule has 0 aromatic heterocycles. The Morgan fingerprint density at radius 1 is 1.41 bits per heavy atom. The Labute approximate surface area is 115 Å². The van der Waals surface area contributed by atoms with Gasteiger partial charge in [-0.1, -0.05) is 15.9 Å². The van der Waals surface area contributed by atoms with Gasteiger partial charge in [-0.3, -0.25) is 4.79 Å². The SMILES string of the molecule is CSc1ccc(C(=O)NCC2(CBr)CC2)cc1. The van der Waals surface area contributed by atoms with E-state index < -0.39 is 0 Å². The molecule has 17 heavy (non-hydrogen) atoms. The Bertz CT molecular complexity index is 400. The zero-order valence-electron chi connectivity index (χ0n) is 9.83. The van der Waals surface area contributed by atoms with Gasteiger partial charge in [-0.15, -0.1) is 11.8 Å². The molecule has 0 radical (unpaired) electrons. The molecule has 0 heterocycles. The average molecular weight is 314 g/mol. The summed E-state index contributed by atoms with van der Waals surface area (Å²) >= 11 is 5.19. The number of rotatable bonds is 5. The summed E-state index contributed by atoms with van der Waals surface area (Å²) in [6.45, 7) is 0.779. The van der Waals surface area contributed by atoms with Crippen molar-refractivity contribution in [1.82, 2.24) is 5.32 Å². The molecule has 4 heteroatoms. The zero-order chi connectivity index (χ0) is 12.3. The molecular formula is C13H16BrNOS. The van der Waals surface area contributed by atoms with E-state index in [1.54, 1.807) is 11.8 Å². The quantitative estimate of drug-likeness (QED) is 0.667. The van der Waals surface area contributed by atoms with E-state index in [-0.39, 0.29) is 5.91 Å². The second-order valence-electron chi connectivity index (χ2n) is 4.54. The summed E-state index contributed by atoms with van der Waals surface area (Å²) in [4.78, 5) is 13.1. The lowest BCUT2D eigenvalue weighted by Gasteiger charge is -2.12. The Hall–Kier alpha value is -0.480. The molecule has 1 aliphatic rings. The van der Waals surface area contributed by atoms with Gasteiger partial charge in [0.25, 0.3) is 5.91 Å². The van der Waals surface area contributed by atoms with Crippen molar-refractivity contribution in [2.24, 2.45) is 5.41 Å². The molecule has 1 amide bonds. The van der Waals surface area contributed by atoms with E-state index in [9.17, 15) is 4.79 Å². The first-order chi connectivity index (χ1) is 8.19. The maximum atomic E-state index is 11.9. The number of halogens is 1. The lowest BCUT2D eigenvalue weighted by Crippen LogP contribution is -2.30. The van der Waals surface area contributed by atoms with Gasteiger partial charge in [0.2, 0.25) is 0 Å². The van der Waals surface area contributed by atoms with Crippen molar-refractivity contribution < 1.29 is 4.79 Å². The molecule has 1 aromatic carbocycles. The monoisotopic (exact) mass is 313 g/mol. The summed E-state index contributed by atoms with van der Waals surface area (Å²) in [6, 6.07) is 7.73. The van der Waals surface area contributed by atoms with E-state index in [2.05, 4.69) is 21.2 Å². The van der Waals surface area contributed by atoms with Crippen LogP contribution >= 0.6 is 27.7 Å². The third-order valence-electron chi connectivity index (χ3n) is 3.22. The van der Waals surface area contributed by atoms with E-state index in [0.717, 1.165) is 17.4 Å². The largest absolute Gasteiger partial charge is 0.351 e. The first kappa shape index (κ1) is 13.0.